The van der Waals surface area contributed by atoms with Crippen LogP contribution in [0.5, 0.6) is 0 Å². The highest BCUT2D eigenvalue weighted by atomic mass is 16.5. The number of fused-ring (bicyclic) bond motifs is 1. The van der Waals surface area contributed by atoms with Gasteiger partial charge < -0.3 is 4.74 Å². The third-order valence-electron chi connectivity index (χ3n) is 2.73. The van der Waals surface area contributed by atoms with E-state index in [1.54, 1.807) is 0 Å². The summed E-state index contributed by atoms with van der Waals surface area (Å²) in [6, 6.07) is 0. The van der Waals surface area contributed by atoms with E-state index >= 15 is 0 Å². The van der Waals surface area contributed by atoms with E-state index < -0.39 is 0 Å². The van der Waals surface area contributed by atoms with Crippen LogP contribution in [0, 0.1) is 11.8 Å². The van der Waals surface area contributed by atoms with Crippen molar-refractivity contribution in [3.8, 4) is 0 Å². The van der Waals surface area contributed by atoms with Gasteiger partial charge in [-0.25, -0.2) is 0 Å². The van der Waals surface area contributed by atoms with Crippen LogP contribution in [0.1, 0.15) is 25.7 Å². The molecule has 1 aliphatic carbocycles. The standard InChI is InChI=1S/C8H14O/c1-2-4-8-6-9-5-7(8)3-1/h7-8H,1-6H2/t7-,8+. The van der Waals surface area contributed by atoms with Crippen LogP contribution in [-0.4, -0.2) is 13.2 Å². The van der Waals surface area contributed by atoms with Gasteiger partial charge in [-0.05, 0) is 24.7 Å². The minimum absolute atomic E-state index is 0.943. The zero-order valence-corrected chi connectivity index (χ0v) is 5.81. The van der Waals surface area contributed by atoms with E-state index in [9.17, 15) is 0 Å². The molecule has 1 heteroatoms. The summed E-state index contributed by atoms with van der Waals surface area (Å²) in [6.07, 6.45) is 5.77. The van der Waals surface area contributed by atoms with Crippen LogP contribution >= 0.6 is 0 Å². The molecule has 0 radical (unpaired) electrons. The molecule has 1 aliphatic heterocycles. The molecule has 0 N–H and O–H groups in total. The van der Waals surface area contributed by atoms with E-state index in [1.807, 2.05) is 0 Å². The molecule has 2 aliphatic rings. The third kappa shape index (κ3) is 0.983. The van der Waals surface area contributed by atoms with Crippen molar-refractivity contribution >= 4 is 0 Å². The molecular formula is C8H14O. The van der Waals surface area contributed by atoms with E-state index in [4.69, 9.17) is 4.74 Å². The lowest BCUT2D eigenvalue weighted by Crippen LogP contribution is -2.16. The Kier molecular flexibility index (Phi) is 1.46. The quantitative estimate of drug-likeness (QED) is 0.481. The summed E-state index contributed by atoms with van der Waals surface area (Å²) in [5.41, 5.74) is 0. The minimum Gasteiger partial charge on any atom is -0.381 e. The first-order chi connectivity index (χ1) is 4.47. The monoisotopic (exact) mass is 126 g/mol. The van der Waals surface area contributed by atoms with Gasteiger partial charge in [-0.3, -0.25) is 0 Å². The van der Waals surface area contributed by atoms with Gasteiger partial charge in [0, 0.05) is 13.2 Å². The highest BCUT2D eigenvalue weighted by molar-refractivity contribution is 4.78. The highest BCUT2D eigenvalue weighted by Crippen LogP contribution is 2.34. The highest BCUT2D eigenvalue weighted by Gasteiger charge is 2.29. The fraction of sp³-hybridized carbons (Fsp3) is 1.00. The van der Waals surface area contributed by atoms with Gasteiger partial charge in [-0.1, -0.05) is 12.8 Å². The van der Waals surface area contributed by atoms with Crippen molar-refractivity contribution in [2.24, 2.45) is 11.8 Å². The lowest BCUT2D eigenvalue weighted by Gasteiger charge is -2.22. The molecule has 9 heavy (non-hydrogen) atoms. The Morgan fingerprint density at radius 1 is 0.889 bits per heavy atom. The van der Waals surface area contributed by atoms with Crippen molar-refractivity contribution in [3.63, 3.8) is 0 Å². The summed E-state index contributed by atoms with van der Waals surface area (Å²) in [6.45, 7) is 2.12. The Labute approximate surface area is 56.4 Å². The normalized spacial score (nSPS) is 42.7. The van der Waals surface area contributed by atoms with Gasteiger partial charge in [0.05, 0.1) is 0 Å². The molecule has 0 bridgehead atoms. The second kappa shape index (κ2) is 2.30. The van der Waals surface area contributed by atoms with E-state index in [1.165, 1.54) is 25.7 Å². The maximum atomic E-state index is 5.39. The second-order valence-corrected chi connectivity index (χ2v) is 3.34. The first kappa shape index (κ1) is 5.72. The van der Waals surface area contributed by atoms with Crippen LogP contribution in [-0.2, 0) is 4.74 Å². The van der Waals surface area contributed by atoms with E-state index in [0.29, 0.717) is 0 Å². The Morgan fingerprint density at radius 3 is 2.00 bits per heavy atom. The molecule has 1 heterocycles. The molecular weight excluding hydrogens is 112 g/mol. The van der Waals surface area contributed by atoms with Gasteiger partial charge in [0.1, 0.15) is 0 Å². The van der Waals surface area contributed by atoms with Crippen molar-refractivity contribution in [2.45, 2.75) is 25.7 Å². The summed E-state index contributed by atoms with van der Waals surface area (Å²) >= 11 is 0. The summed E-state index contributed by atoms with van der Waals surface area (Å²) in [5.74, 6) is 1.89. The van der Waals surface area contributed by atoms with Crippen LogP contribution in [0.15, 0.2) is 0 Å². The average Bonchev–Trinajstić information content (AvgIpc) is 2.33. The zero-order valence-electron chi connectivity index (χ0n) is 5.81. The van der Waals surface area contributed by atoms with E-state index in [-0.39, 0.29) is 0 Å². The summed E-state index contributed by atoms with van der Waals surface area (Å²) in [7, 11) is 0. The molecule has 2 rings (SSSR count). The van der Waals surface area contributed by atoms with Crippen molar-refractivity contribution in [1.82, 2.24) is 0 Å². The molecule has 1 saturated carbocycles. The Balaban J connectivity index is 1.97. The molecule has 1 nitrogen and oxygen atoms in total. The number of rotatable bonds is 0. The SMILES string of the molecule is C1CC[C@H]2COC[C@H]2C1. The average molecular weight is 126 g/mol. The van der Waals surface area contributed by atoms with Crippen LogP contribution in [0.3, 0.4) is 0 Å². The fourth-order valence-electron chi connectivity index (χ4n) is 2.09. The largest absolute Gasteiger partial charge is 0.381 e. The van der Waals surface area contributed by atoms with E-state index in [0.717, 1.165) is 25.0 Å². The molecule has 0 unspecified atom stereocenters. The fourth-order valence-corrected chi connectivity index (χ4v) is 2.09. The van der Waals surface area contributed by atoms with Crippen LogP contribution < -0.4 is 0 Å². The van der Waals surface area contributed by atoms with Crippen LogP contribution in [0.25, 0.3) is 0 Å². The summed E-state index contributed by atoms with van der Waals surface area (Å²) in [5, 5.41) is 0. The lowest BCUT2D eigenvalue weighted by atomic mass is 9.82. The predicted molar refractivity (Wildman–Crippen MR) is 36.3 cm³/mol. The van der Waals surface area contributed by atoms with Gasteiger partial charge in [-0.2, -0.15) is 0 Å². The molecule has 2 atom stereocenters. The van der Waals surface area contributed by atoms with Gasteiger partial charge >= 0.3 is 0 Å². The van der Waals surface area contributed by atoms with Crippen molar-refractivity contribution in [3.05, 3.63) is 0 Å². The molecule has 1 saturated heterocycles. The molecule has 0 spiro atoms. The van der Waals surface area contributed by atoms with Gasteiger partial charge in [0.25, 0.3) is 0 Å². The Morgan fingerprint density at radius 2 is 1.44 bits per heavy atom. The van der Waals surface area contributed by atoms with Crippen molar-refractivity contribution in [1.29, 1.82) is 0 Å². The maximum Gasteiger partial charge on any atom is 0.0497 e. The Hall–Kier alpha value is -0.0400. The second-order valence-electron chi connectivity index (χ2n) is 3.34. The maximum absolute atomic E-state index is 5.39. The molecule has 0 aromatic carbocycles. The molecule has 52 valence electrons. The number of hydrogen-bond acceptors (Lipinski definition) is 1. The smallest absolute Gasteiger partial charge is 0.0497 e. The number of hydrogen-bond donors (Lipinski definition) is 0. The predicted octanol–water partition coefficient (Wildman–Crippen LogP) is 1.82. The van der Waals surface area contributed by atoms with Crippen LogP contribution in [0.4, 0.5) is 0 Å². The first-order valence-electron chi connectivity index (χ1n) is 4.04. The molecule has 2 fully saturated rings. The summed E-state index contributed by atoms with van der Waals surface area (Å²) in [4.78, 5) is 0. The topological polar surface area (TPSA) is 9.23 Å². The van der Waals surface area contributed by atoms with Gasteiger partial charge in [0.2, 0.25) is 0 Å². The minimum atomic E-state index is 0.943. The molecule has 0 aromatic rings. The van der Waals surface area contributed by atoms with E-state index in [2.05, 4.69) is 0 Å². The van der Waals surface area contributed by atoms with Crippen molar-refractivity contribution in [2.75, 3.05) is 13.2 Å². The lowest BCUT2D eigenvalue weighted by molar-refractivity contribution is 0.181. The molecule has 0 aromatic heterocycles. The first-order valence-corrected chi connectivity index (χ1v) is 4.04. The number of ether oxygens (including phenoxy) is 1. The van der Waals surface area contributed by atoms with Gasteiger partial charge in [-0.15, -0.1) is 0 Å². The third-order valence-corrected chi connectivity index (χ3v) is 2.73. The molecule has 0 amide bonds. The van der Waals surface area contributed by atoms with Gasteiger partial charge in [0.15, 0.2) is 0 Å². The van der Waals surface area contributed by atoms with Crippen LogP contribution in [0.2, 0.25) is 0 Å². The Bertz CT molecular complexity index is 88.7. The van der Waals surface area contributed by atoms with Crippen molar-refractivity contribution < 1.29 is 4.74 Å². The summed E-state index contributed by atoms with van der Waals surface area (Å²) < 4.78 is 5.39. The zero-order chi connectivity index (χ0) is 6.10.